The van der Waals surface area contributed by atoms with Crippen LogP contribution in [0.25, 0.3) is 0 Å². The van der Waals surface area contributed by atoms with E-state index >= 15 is 0 Å². The normalized spacial score (nSPS) is 16.1. The predicted octanol–water partition coefficient (Wildman–Crippen LogP) is 5.47. The molecule has 6 nitrogen and oxygen atoms in total. The van der Waals surface area contributed by atoms with Crippen molar-refractivity contribution in [2.75, 3.05) is 19.7 Å². The second-order valence-corrected chi connectivity index (χ2v) is 9.84. The summed E-state index contributed by atoms with van der Waals surface area (Å²) in [7, 11) is 0. The van der Waals surface area contributed by atoms with E-state index in [9.17, 15) is 13.6 Å². The van der Waals surface area contributed by atoms with Crippen molar-refractivity contribution < 1.29 is 23.0 Å². The maximum Gasteiger partial charge on any atom is 0.234 e. The quantitative estimate of drug-likeness (QED) is 0.520. The summed E-state index contributed by atoms with van der Waals surface area (Å²) < 4.78 is 39.3. The van der Waals surface area contributed by atoms with Gasteiger partial charge in [0, 0.05) is 30.9 Å². The molecule has 1 aromatic heterocycles. The van der Waals surface area contributed by atoms with E-state index in [0.29, 0.717) is 42.6 Å². The fourth-order valence-electron chi connectivity index (χ4n) is 4.15. The minimum Gasteiger partial charge on any atom is -0.489 e. The number of nitrogens with zero attached hydrogens (tertiary/aromatic N) is 2. The second kappa shape index (κ2) is 11.5. The number of aromatic nitrogens is 1. The molecule has 0 saturated heterocycles. The number of amides is 1. The number of nitrogens with one attached hydrogen (secondary N) is 1. The molecule has 1 N–H and O–H groups in total. The van der Waals surface area contributed by atoms with Gasteiger partial charge in [0.05, 0.1) is 13.2 Å². The van der Waals surface area contributed by atoms with Crippen molar-refractivity contribution in [2.24, 2.45) is 5.41 Å². The Morgan fingerprint density at radius 3 is 2.61 bits per heavy atom. The topological polar surface area (TPSA) is 63.7 Å². The molecule has 0 aliphatic carbocycles. The van der Waals surface area contributed by atoms with E-state index in [0.717, 1.165) is 24.5 Å². The lowest BCUT2D eigenvalue weighted by Gasteiger charge is -2.27. The van der Waals surface area contributed by atoms with Gasteiger partial charge in [-0.15, -0.1) is 0 Å². The summed E-state index contributed by atoms with van der Waals surface area (Å²) in [5, 5.41) is 2.77. The molecule has 190 valence electrons. The van der Waals surface area contributed by atoms with Crippen LogP contribution in [-0.4, -0.2) is 35.5 Å². The van der Waals surface area contributed by atoms with Crippen molar-refractivity contribution in [1.82, 2.24) is 15.2 Å². The third-order valence-corrected chi connectivity index (χ3v) is 6.03. The fraction of sp³-hybridized carbons (Fsp3) is 0.357. The van der Waals surface area contributed by atoms with Gasteiger partial charge in [-0.1, -0.05) is 32.0 Å². The molecule has 0 unspecified atom stereocenters. The number of ether oxygens (including phenoxy) is 2. The van der Waals surface area contributed by atoms with Crippen LogP contribution in [0.2, 0.25) is 0 Å². The van der Waals surface area contributed by atoms with Gasteiger partial charge in [-0.2, -0.15) is 0 Å². The third kappa shape index (κ3) is 7.24. The lowest BCUT2D eigenvalue weighted by atomic mass is 9.88. The first kappa shape index (κ1) is 25.6. The first-order valence-electron chi connectivity index (χ1n) is 12.0. The molecule has 1 aliphatic rings. The number of halogens is 2. The van der Waals surface area contributed by atoms with Gasteiger partial charge in [0.2, 0.25) is 11.8 Å². The number of para-hydroxylation sites is 2. The van der Waals surface area contributed by atoms with Crippen molar-refractivity contribution >= 4 is 5.91 Å². The van der Waals surface area contributed by atoms with Crippen molar-refractivity contribution in [3.63, 3.8) is 0 Å². The van der Waals surface area contributed by atoms with Crippen molar-refractivity contribution in [3.05, 3.63) is 83.6 Å². The van der Waals surface area contributed by atoms with E-state index in [2.05, 4.69) is 24.1 Å². The van der Waals surface area contributed by atoms with Gasteiger partial charge in [0.15, 0.2) is 11.5 Å². The highest BCUT2D eigenvalue weighted by atomic mass is 19.1. The van der Waals surface area contributed by atoms with Crippen LogP contribution < -0.4 is 14.8 Å². The molecular weight excluding hydrogens is 464 g/mol. The zero-order valence-corrected chi connectivity index (χ0v) is 20.6. The van der Waals surface area contributed by atoms with Gasteiger partial charge < -0.3 is 14.8 Å². The van der Waals surface area contributed by atoms with Crippen LogP contribution in [-0.2, 0) is 17.9 Å². The van der Waals surface area contributed by atoms with E-state index in [4.69, 9.17) is 9.47 Å². The fourth-order valence-corrected chi connectivity index (χ4v) is 4.15. The van der Waals surface area contributed by atoms with Crippen molar-refractivity contribution in [3.8, 4) is 17.4 Å². The maximum absolute atomic E-state index is 13.5. The predicted molar refractivity (Wildman–Crippen MR) is 133 cm³/mol. The van der Waals surface area contributed by atoms with E-state index in [1.165, 1.54) is 12.1 Å². The van der Waals surface area contributed by atoms with Crippen LogP contribution in [0.15, 0.2) is 60.8 Å². The average molecular weight is 496 g/mol. The molecule has 0 spiro atoms. The Kier molecular flexibility index (Phi) is 8.15. The number of rotatable bonds is 4. The molecule has 0 atom stereocenters. The van der Waals surface area contributed by atoms with Gasteiger partial charge in [-0.05, 0) is 60.7 Å². The molecule has 4 rings (SSSR count). The number of hydrogen-bond donors (Lipinski definition) is 1. The number of hydrogen-bond acceptors (Lipinski definition) is 5. The highest BCUT2D eigenvalue weighted by Crippen LogP contribution is 2.34. The van der Waals surface area contributed by atoms with E-state index < -0.39 is 11.6 Å². The molecule has 1 aliphatic heterocycles. The Balaban J connectivity index is 1.51. The molecule has 0 radical (unpaired) electrons. The Hall–Kier alpha value is -3.52. The Morgan fingerprint density at radius 2 is 1.83 bits per heavy atom. The Morgan fingerprint density at radius 1 is 1.08 bits per heavy atom. The summed E-state index contributed by atoms with van der Waals surface area (Å²) in [5.74, 6) is 0.118. The van der Waals surface area contributed by atoms with Gasteiger partial charge in [-0.3, -0.25) is 9.69 Å². The number of benzene rings is 2. The van der Waals surface area contributed by atoms with Crippen LogP contribution in [0, 0.1) is 17.0 Å². The third-order valence-electron chi connectivity index (χ3n) is 6.03. The van der Waals surface area contributed by atoms with E-state index in [1.807, 2.05) is 41.3 Å². The number of carbonyl (C=O) groups excluding carboxylic acids is 1. The van der Waals surface area contributed by atoms with Gasteiger partial charge in [0.25, 0.3) is 0 Å². The lowest BCUT2D eigenvalue weighted by Crippen LogP contribution is -2.37. The van der Waals surface area contributed by atoms with Gasteiger partial charge in [-0.25, -0.2) is 13.8 Å². The summed E-state index contributed by atoms with van der Waals surface area (Å²) in [6.07, 6.45) is 3.42. The molecule has 36 heavy (non-hydrogen) atoms. The standard InChI is InChI=1S/C28H31F2N3O3/c1-28(2)10-6-12-33(18-26(34)32-16-20-13-22(29)15-23(30)14-20)17-21-7-5-11-31-27(21)36-25-9-4-3-8-24(25)35-19-28/h3-5,7-9,11,13-15H,6,10,12,16-19H2,1-2H3,(H,32,34). The molecule has 0 fully saturated rings. The highest BCUT2D eigenvalue weighted by Gasteiger charge is 2.23. The first-order chi connectivity index (χ1) is 17.3. The molecule has 2 heterocycles. The minimum atomic E-state index is -0.671. The average Bonchev–Trinajstić information content (AvgIpc) is 2.83. The molecular formula is C28H31F2N3O3. The zero-order valence-electron chi connectivity index (χ0n) is 20.6. The highest BCUT2D eigenvalue weighted by molar-refractivity contribution is 5.78. The summed E-state index contributed by atoms with van der Waals surface area (Å²) in [5.41, 5.74) is 1.13. The molecule has 1 amide bonds. The lowest BCUT2D eigenvalue weighted by molar-refractivity contribution is -0.122. The van der Waals surface area contributed by atoms with Crippen molar-refractivity contribution in [2.45, 2.75) is 39.8 Å². The zero-order chi connectivity index (χ0) is 25.5. The van der Waals surface area contributed by atoms with Crippen LogP contribution in [0.5, 0.6) is 17.4 Å². The summed E-state index contributed by atoms with van der Waals surface area (Å²) in [6.45, 7) is 6.13. The number of carbonyl (C=O) groups is 1. The largest absolute Gasteiger partial charge is 0.489 e. The van der Waals surface area contributed by atoms with Crippen molar-refractivity contribution in [1.29, 1.82) is 0 Å². The first-order valence-corrected chi connectivity index (χ1v) is 12.0. The Bertz CT molecular complexity index is 1180. The van der Waals surface area contributed by atoms with Crippen LogP contribution in [0.1, 0.15) is 37.8 Å². The monoisotopic (exact) mass is 495 g/mol. The van der Waals surface area contributed by atoms with E-state index in [1.54, 1.807) is 6.20 Å². The summed E-state index contributed by atoms with van der Waals surface area (Å²) >= 11 is 0. The maximum atomic E-state index is 13.5. The van der Waals surface area contributed by atoms with Crippen LogP contribution >= 0.6 is 0 Å². The molecule has 0 bridgehead atoms. The van der Waals surface area contributed by atoms with Gasteiger partial charge >= 0.3 is 0 Å². The molecule has 2 aromatic carbocycles. The number of pyridine rings is 1. The Labute approximate surface area is 210 Å². The second-order valence-electron chi connectivity index (χ2n) is 9.84. The molecule has 0 saturated carbocycles. The minimum absolute atomic E-state index is 0.0454. The molecule has 8 heteroatoms. The van der Waals surface area contributed by atoms with Gasteiger partial charge in [0.1, 0.15) is 11.6 Å². The van der Waals surface area contributed by atoms with Crippen LogP contribution in [0.4, 0.5) is 8.78 Å². The van der Waals surface area contributed by atoms with Crippen LogP contribution in [0.3, 0.4) is 0 Å². The molecule has 3 aromatic rings. The number of fused-ring (bicyclic) bond motifs is 2. The summed E-state index contributed by atoms with van der Waals surface area (Å²) in [4.78, 5) is 19.2. The smallest absolute Gasteiger partial charge is 0.234 e. The summed E-state index contributed by atoms with van der Waals surface area (Å²) in [6, 6.07) is 14.5. The van der Waals surface area contributed by atoms with E-state index in [-0.39, 0.29) is 24.4 Å². The SMILES string of the molecule is CC1(C)CCCN(CC(=O)NCc2cc(F)cc(F)c2)Cc2cccnc2Oc2ccccc2OC1.